The van der Waals surface area contributed by atoms with Gasteiger partial charge in [-0.2, -0.15) is 0 Å². The quantitative estimate of drug-likeness (QED) is 0.770. The molecule has 2 N–H and O–H groups in total. The highest BCUT2D eigenvalue weighted by Crippen LogP contribution is 2.35. The summed E-state index contributed by atoms with van der Waals surface area (Å²) in [6.07, 6.45) is 5.48. The van der Waals surface area contributed by atoms with Gasteiger partial charge in [-0.25, -0.2) is 0 Å². The van der Waals surface area contributed by atoms with Crippen molar-refractivity contribution in [3.05, 3.63) is 23.3 Å². The van der Waals surface area contributed by atoms with E-state index in [-0.39, 0.29) is 0 Å². The van der Waals surface area contributed by atoms with Gasteiger partial charge in [0.05, 0.1) is 0 Å². The molecule has 0 unspecified atom stereocenters. The van der Waals surface area contributed by atoms with Crippen molar-refractivity contribution in [1.82, 2.24) is 0 Å². The molecule has 1 aliphatic heterocycles. The lowest BCUT2D eigenvalue weighted by atomic mass is 9.85. The summed E-state index contributed by atoms with van der Waals surface area (Å²) in [6.45, 7) is 4.54. The molecule has 1 aromatic carbocycles. The van der Waals surface area contributed by atoms with Gasteiger partial charge in [0.1, 0.15) is 0 Å². The highest BCUT2D eigenvalue weighted by atomic mass is 15.1. The topological polar surface area (TPSA) is 29.3 Å². The van der Waals surface area contributed by atoms with E-state index in [9.17, 15) is 0 Å². The molecule has 0 bridgehead atoms. The Bertz CT molecular complexity index is 407. The maximum Gasteiger partial charge on any atom is 0.0420 e. The van der Waals surface area contributed by atoms with Crippen LogP contribution in [0.5, 0.6) is 0 Å². The summed E-state index contributed by atoms with van der Waals surface area (Å²) in [7, 11) is 0. The van der Waals surface area contributed by atoms with E-state index in [0.29, 0.717) is 0 Å². The van der Waals surface area contributed by atoms with E-state index in [1.54, 1.807) is 0 Å². The van der Waals surface area contributed by atoms with Crippen molar-refractivity contribution < 1.29 is 0 Å². The summed E-state index contributed by atoms with van der Waals surface area (Å²) in [4.78, 5) is 2.54. The number of nitrogen functional groups attached to an aromatic ring is 1. The zero-order valence-electron chi connectivity index (χ0n) is 10.00. The number of nitrogens with zero attached hydrogens (tertiary/aromatic N) is 1. The van der Waals surface area contributed by atoms with Gasteiger partial charge >= 0.3 is 0 Å². The number of aryl methyl sites for hydroxylation is 1. The van der Waals surface area contributed by atoms with Crippen LogP contribution in [-0.2, 0) is 6.42 Å². The molecule has 2 aliphatic rings. The molecule has 0 spiro atoms. The first-order chi connectivity index (χ1) is 7.74. The largest absolute Gasteiger partial charge is 0.398 e. The summed E-state index contributed by atoms with van der Waals surface area (Å²) in [6, 6.07) is 4.45. The van der Waals surface area contributed by atoms with Crippen molar-refractivity contribution in [2.75, 3.05) is 23.7 Å². The first-order valence-corrected chi connectivity index (χ1v) is 6.38. The fraction of sp³-hybridized carbons (Fsp3) is 0.571. The van der Waals surface area contributed by atoms with Crippen molar-refractivity contribution in [3.8, 4) is 0 Å². The summed E-state index contributed by atoms with van der Waals surface area (Å²) in [5, 5.41) is 0. The number of benzene rings is 1. The minimum absolute atomic E-state index is 0.938. The number of hydrogen-bond donors (Lipinski definition) is 1. The van der Waals surface area contributed by atoms with Gasteiger partial charge in [0.15, 0.2) is 0 Å². The Hall–Kier alpha value is -1.18. The predicted molar refractivity (Wildman–Crippen MR) is 68.8 cm³/mol. The Morgan fingerprint density at radius 3 is 2.88 bits per heavy atom. The average Bonchev–Trinajstić information content (AvgIpc) is 2.56. The standard InChI is InChI=1S/C14H20N2/c1-10-7-12-5-6-16(9-11-3-2-4-11)14(12)8-13(10)15/h7-8,11H,2-6,9,15H2,1H3. The zero-order valence-corrected chi connectivity index (χ0v) is 10.00. The molecule has 0 saturated heterocycles. The van der Waals surface area contributed by atoms with Crippen molar-refractivity contribution in [1.29, 1.82) is 0 Å². The lowest BCUT2D eigenvalue weighted by Crippen LogP contribution is -2.31. The molecule has 1 heterocycles. The molecule has 3 rings (SSSR count). The third kappa shape index (κ3) is 1.57. The van der Waals surface area contributed by atoms with Crippen molar-refractivity contribution in [3.63, 3.8) is 0 Å². The zero-order chi connectivity index (χ0) is 11.1. The van der Waals surface area contributed by atoms with Crippen LogP contribution in [-0.4, -0.2) is 13.1 Å². The maximum absolute atomic E-state index is 6.01. The molecule has 16 heavy (non-hydrogen) atoms. The number of nitrogens with two attached hydrogens (primary N) is 1. The molecule has 2 nitrogen and oxygen atoms in total. The number of hydrogen-bond acceptors (Lipinski definition) is 2. The third-order valence-electron chi connectivity index (χ3n) is 4.16. The average molecular weight is 216 g/mol. The van der Waals surface area contributed by atoms with Crippen LogP contribution in [0.3, 0.4) is 0 Å². The van der Waals surface area contributed by atoms with Crippen LogP contribution in [0.4, 0.5) is 11.4 Å². The van der Waals surface area contributed by atoms with Gasteiger partial charge in [-0.1, -0.05) is 12.5 Å². The van der Waals surface area contributed by atoms with E-state index >= 15 is 0 Å². The molecule has 1 aliphatic carbocycles. The highest BCUT2D eigenvalue weighted by Gasteiger charge is 2.25. The van der Waals surface area contributed by atoms with Crippen LogP contribution in [0, 0.1) is 12.8 Å². The molecule has 0 radical (unpaired) electrons. The monoisotopic (exact) mass is 216 g/mol. The van der Waals surface area contributed by atoms with Gasteiger partial charge in [-0.3, -0.25) is 0 Å². The molecular weight excluding hydrogens is 196 g/mol. The van der Waals surface area contributed by atoms with Crippen molar-refractivity contribution in [2.24, 2.45) is 5.92 Å². The Morgan fingerprint density at radius 1 is 1.38 bits per heavy atom. The summed E-state index contributed by atoms with van der Waals surface area (Å²) >= 11 is 0. The van der Waals surface area contributed by atoms with Gasteiger partial charge in [0.2, 0.25) is 0 Å². The molecule has 0 amide bonds. The number of fused-ring (bicyclic) bond motifs is 1. The van der Waals surface area contributed by atoms with Crippen molar-refractivity contribution in [2.45, 2.75) is 32.6 Å². The molecule has 86 valence electrons. The predicted octanol–water partition coefficient (Wildman–Crippen LogP) is 2.74. The fourth-order valence-electron chi connectivity index (χ4n) is 2.82. The SMILES string of the molecule is Cc1cc2c(cc1N)N(CC1CCC1)CC2. The van der Waals surface area contributed by atoms with Crippen LogP contribution in [0.2, 0.25) is 0 Å². The van der Waals surface area contributed by atoms with E-state index in [2.05, 4.69) is 24.0 Å². The van der Waals surface area contributed by atoms with Crippen LogP contribution in [0.25, 0.3) is 0 Å². The van der Waals surface area contributed by atoms with E-state index in [0.717, 1.165) is 11.6 Å². The Kier molecular flexibility index (Phi) is 2.31. The van der Waals surface area contributed by atoms with Gasteiger partial charge in [-0.15, -0.1) is 0 Å². The normalized spacial score (nSPS) is 19.7. The minimum Gasteiger partial charge on any atom is -0.398 e. The smallest absolute Gasteiger partial charge is 0.0420 e. The minimum atomic E-state index is 0.938. The van der Waals surface area contributed by atoms with E-state index in [1.165, 1.54) is 55.6 Å². The third-order valence-corrected chi connectivity index (χ3v) is 4.16. The summed E-state index contributed by atoms with van der Waals surface area (Å²) < 4.78 is 0. The molecule has 1 fully saturated rings. The Balaban J connectivity index is 1.83. The second kappa shape index (κ2) is 3.69. The fourth-order valence-corrected chi connectivity index (χ4v) is 2.82. The highest BCUT2D eigenvalue weighted by molar-refractivity contribution is 5.67. The molecule has 1 aromatic rings. The van der Waals surface area contributed by atoms with Gasteiger partial charge < -0.3 is 10.6 Å². The molecule has 0 atom stereocenters. The lowest BCUT2D eigenvalue weighted by molar-refractivity contribution is 0.319. The first-order valence-electron chi connectivity index (χ1n) is 6.38. The number of rotatable bonds is 2. The van der Waals surface area contributed by atoms with Crippen LogP contribution >= 0.6 is 0 Å². The Morgan fingerprint density at radius 2 is 2.19 bits per heavy atom. The molecule has 0 aromatic heterocycles. The van der Waals surface area contributed by atoms with Crippen molar-refractivity contribution >= 4 is 11.4 Å². The lowest BCUT2D eigenvalue weighted by Gasteiger charge is -2.31. The van der Waals surface area contributed by atoms with Gasteiger partial charge in [-0.05, 0) is 49.3 Å². The first kappa shape index (κ1) is 10.0. The van der Waals surface area contributed by atoms with Crippen LogP contribution in [0.15, 0.2) is 12.1 Å². The second-order valence-corrected chi connectivity index (χ2v) is 5.33. The summed E-state index contributed by atoms with van der Waals surface area (Å²) in [5.41, 5.74) is 11.1. The molecule has 1 saturated carbocycles. The maximum atomic E-state index is 6.01. The van der Waals surface area contributed by atoms with E-state index in [1.807, 2.05) is 0 Å². The van der Waals surface area contributed by atoms with Crippen LogP contribution in [0.1, 0.15) is 30.4 Å². The number of anilines is 2. The van der Waals surface area contributed by atoms with Gasteiger partial charge in [0, 0.05) is 24.5 Å². The van der Waals surface area contributed by atoms with E-state index in [4.69, 9.17) is 5.73 Å². The molecule has 2 heteroatoms. The summed E-state index contributed by atoms with van der Waals surface area (Å²) in [5.74, 6) is 0.938. The van der Waals surface area contributed by atoms with Gasteiger partial charge in [0.25, 0.3) is 0 Å². The molecular formula is C14H20N2. The van der Waals surface area contributed by atoms with E-state index < -0.39 is 0 Å². The second-order valence-electron chi connectivity index (χ2n) is 5.33. The Labute approximate surface area is 97.4 Å². The van der Waals surface area contributed by atoms with Crippen LogP contribution < -0.4 is 10.6 Å².